The molecule has 0 saturated heterocycles. The van der Waals surface area contributed by atoms with E-state index in [1.54, 1.807) is 25.3 Å². The molecule has 0 radical (unpaired) electrons. The van der Waals surface area contributed by atoms with Gasteiger partial charge in [0.15, 0.2) is 0 Å². The van der Waals surface area contributed by atoms with Crippen LogP contribution < -0.4 is 10.1 Å². The van der Waals surface area contributed by atoms with Crippen molar-refractivity contribution in [1.29, 1.82) is 0 Å². The third kappa shape index (κ3) is 5.14. The molecular formula is C18H19NO4. The summed E-state index contributed by atoms with van der Waals surface area (Å²) in [6.45, 7) is 0. The Balaban J connectivity index is 2.00. The monoisotopic (exact) mass is 313 g/mol. The second-order valence-electron chi connectivity index (χ2n) is 5.18. The van der Waals surface area contributed by atoms with E-state index in [0.29, 0.717) is 5.75 Å². The minimum absolute atomic E-state index is 0.155. The summed E-state index contributed by atoms with van der Waals surface area (Å²) in [5.74, 6) is -0.719. The topological polar surface area (TPSA) is 75.6 Å². The highest BCUT2D eigenvalue weighted by molar-refractivity contribution is 5.85. The first-order chi connectivity index (χ1) is 11.1. The number of ether oxygens (including phenoxy) is 1. The van der Waals surface area contributed by atoms with Crippen LogP contribution in [0.1, 0.15) is 11.1 Å². The van der Waals surface area contributed by atoms with Gasteiger partial charge in [-0.15, -0.1) is 0 Å². The van der Waals surface area contributed by atoms with E-state index >= 15 is 0 Å². The molecule has 2 aromatic rings. The summed E-state index contributed by atoms with van der Waals surface area (Å²) in [6.07, 6.45) is 0.357. The molecule has 2 rings (SSSR count). The number of hydrogen-bond acceptors (Lipinski definition) is 3. The highest BCUT2D eigenvalue weighted by Gasteiger charge is 2.20. The maximum absolute atomic E-state index is 12.0. The van der Waals surface area contributed by atoms with Crippen LogP contribution in [0.2, 0.25) is 0 Å². The van der Waals surface area contributed by atoms with Crippen LogP contribution >= 0.6 is 0 Å². The second kappa shape index (κ2) is 7.98. The minimum Gasteiger partial charge on any atom is -0.497 e. The van der Waals surface area contributed by atoms with Crippen molar-refractivity contribution >= 4 is 11.9 Å². The van der Waals surface area contributed by atoms with Crippen molar-refractivity contribution < 1.29 is 19.4 Å². The SMILES string of the molecule is COc1cccc(C[C@H](NC(=O)Cc2ccccc2)C(=O)O)c1. The highest BCUT2D eigenvalue weighted by Crippen LogP contribution is 2.14. The first kappa shape index (κ1) is 16.5. The van der Waals surface area contributed by atoms with Crippen LogP contribution in [0.3, 0.4) is 0 Å². The van der Waals surface area contributed by atoms with Gasteiger partial charge in [-0.2, -0.15) is 0 Å². The molecular weight excluding hydrogens is 294 g/mol. The number of carbonyl (C=O) groups excluding carboxylic acids is 1. The number of carboxylic acid groups (broad SMARTS) is 1. The maximum atomic E-state index is 12.0. The molecule has 5 nitrogen and oxygen atoms in total. The number of carbonyl (C=O) groups is 2. The van der Waals surface area contributed by atoms with E-state index in [2.05, 4.69) is 5.32 Å². The molecule has 1 amide bonds. The summed E-state index contributed by atoms with van der Waals surface area (Å²) in [5.41, 5.74) is 1.63. The lowest BCUT2D eigenvalue weighted by molar-refractivity contribution is -0.141. The molecule has 0 saturated carbocycles. The van der Waals surface area contributed by atoms with Gasteiger partial charge in [-0.05, 0) is 23.3 Å². The number of amides is 1. The Labute approximate surface area is 134 Å². The van der Waals surface area contributed by atoms with Crippen LogP contribution in [-0.4, -0.2) is 30.1 Å². The van der Waals surface area contributed by atoms with Gasteiger partial charge in [-0.1, -0.05) is 42.5 Å². The molecule has 0 aliphatic carbocycles. The van der Waals surface area contributed by atoms with Crippen molar-refractivity contribution in [3.8, 4) is 5.75 Å². The van der Waals surface area contributed by atoms with E-state index in [0.717, 1.165) is 11.1 Å². The molecule has 0 unspecified atom stereocenters. The average Bonchev–Trinajstić information content (AvgIpc) is 2.55. The first-order valence-electron chi connectivity index (χ1n) is 7.27. The maximum Gasteiger partial charge on any atom is 0.326 e. The zero-order valence-corrected chi connectivity index (χ0v) is 12.9. The molecule has 0 spiro atoms. The predicted molar refractivity (Wildman–Crippen MR) is 86.4 cm³/mol. The van der Waals surface area contributed by atoms with Crippen molar-refractivity contribution in [2.75, 3.05) is 7.11 Å². The Kier molecular flexibility index (Phi) is 5.74. The van der Waals surface area contributed by atoms with Crippen LogP contribution in [0, 0.1) is 0 Å². The van der Waals surface area contributed by atoms with E-state index in [-0.39, 0.29) is 18.7 Å². The molecule has 120 valence electrons. The Hall–Kier alpha value is -2.82. The van der Waals surface area contributed by atoms with Gasteiger partial charge in [0.2, 0.25) is 5.91 Å². The van der Waals surface area contributed by atoms with Gasteiger partial charge in [0.25, 0.3) is 0 Å². The predicted octanol–water partition coefficient (Wildman–Crippen LogP) is 2.05. The van der Waals surface area contributed by atoms with Crippen molar-refractivity contribution in [3.63, 3.8) is 0 Å². The fraction of sp³-hybridized carbons (Fsp3) is 0.222. The zero-order chi connectivity index (χ0) is 16.7. The van der Waals surface area contributed by atoms with Crippen molar-refractivity contribution in [2.24, 2.45) is 0 Å². The number of nitrogens with one attached hydrogen (secondary N) is 1. The lowest BCUT2D eigenvalue weighted by Gasteiger charge is -2.15. The van der Waals surface area contributed by atoms with E-state index in [1.807, 2.05) is 36.4 Å². The number of methoxy groups -OCH3 is 1. The zero-order valence-electron chi connectivity index (χ0n) is 12.9. The van der Waals surface area contributed by atoms with Crippen molar-refractivity contribution in [2.45, 2.75) is 18.9 Å². The third-order valence-corrected chi connectivity index (χ3v) is 3.41. The molecule has 0 aliphatic heterocycles. The fourth-order valence-corrected chi connectivity index (χ4v) is 2.26. The van der Waals surface area contributed by atoms with E-state index < -0.39 is 12.0 Å². The Morgan fingerprint density at radius 1 is 1.09 bits per heavy atom. The molecule has 23 heavy (non-hydrogen) atoms. The van der Waals surface area contributed by atoms with E-state index in [9.17, 15) is 14.7 Å². The molecule has 0 fully saturated rings. The second-order valence-corrected chi connectivity index (χ2v) is 5.18. The molecule has 0 heterocycles. The summed E-state index contributed by atoms with van der Waals surface area (Å²) in [7, 11) is 1.55. The van der Waals surface area contributed by atoms with E-state index in [4.69, 9.17) is 4.74 Å². The summed E-state index contributed by atoms with van der Waals surface area (Å²) in [5, 5.41) is 11.9. The molecule has 2 N–H and O–H groups in total. The van der Waals surface area contributed by atoms with Crippen molar-refractivity contribution in [1.82, 2.24) is 5.32 Å². The smallest absolute Gasteiger partial charge is 0.326 e. The summed E-state index contributed by atoms with van der Waals surface area (Å²) < 4.78 is 5.12. The molecule has 5 heteroatoms. The van der Waals surface area contributed by atoms with Crippen molar-refractivity contribution in [3.05, 3.63) is 65.7 Å². The van der Waals surface area contributed by atoms with Gasteiger partial charge >= 0.3 is 5.97 Å². The minimum atomic E-state index is -1.06. The molecule has 2 aromatic carbocycles. The summed E-state index contributed by atoms with van der Waals surface area (Å²) in [4.78, 5) is 23.4. The van der Waals surface area contributed by atoms with Crippen LogP contribution in [-0.2, 0) is 22.4 Å². The summed E-state index contributed by atoms with van der Waals surface area (Å²) >= 11 is 0. The number of benzene rings is 2. The van der Waals surface area contributed by atoms with Gasteiger partial charge in [0.05, 0.1) is 13.5 Å². The number of hydrogen-bond donors (Lipinski definition) is 2. The van der Waals surface area contributed by atoms with Gasteiger partial charge in [0.1, 0.15) is 11.8 Å². The number of rotatable bonds is 7. The molecule has 0 aliphatic rings. The number of carboxylic acids is 1. The van der Waals surface area contributed by atoms with Crippen LogP contribution in [0.25, 0.3) is 0 Å². The quantitative estimate of drug-likeness (QED) is 0.820. The van der Waals surface area contributed by atoms with Crippen LogP contribution in [0.5, 0.6) is 5.75 Å². The van der Waals surface area contributed by atoms with Gasteiger partial charge in [-0.25, -0.2) is 4.79 Å². The lowest BCUT2D eigenvalue weighted by Crippen LogP contribution is -2.43. The van der Waals surface area contributed by atoms with Gasteiger partial charge < -0.3 is 15.2 Å². The molecule has 0 aromatic heterocycles. The standard InChI is InChI=1S/C18H19NO4/c1-23-15-9-5-8-14(10-15)11-16(18(21)22)19-17(20)12-13-6-3-2-4-7-13/h2-10,16H,11-12H2,1H3,(H,19,20)(H,21,22)/t16-/m0/s1. The summed E-state index contributed by atoms with van der Waals surface area (Å²) in [6, 6.07) is 15.4. The van der Waals surface area contributed by atoms with Gasteiger partial charge in [0, 0.05) is 6.42 Å². The normalized spacial score (nSPS) is 11.5. The highest BCUT2D eigenvalue weighted by atomic mass is 16.5. The molecule has 0 bridgehead atoms. The van der Waals surface area contributed by atoms with E-state index in [1.165, 1.54) is 0 Å². The third-order valence-electron chi connectivity index (χ3n) is 3.41. The van der Waals surface area contributed by atoms with Gasteiger partial charge in [-0.3, -0.25) is 4.79 Å². The van der Waals surface area contributed by atoms with Crippen LogP contribution in [0.15, 0.2) is 54.6 Å². The lowest BCUT2D eigenvalue weighted by atomic mass is 10.0. The molecule has 1 atom stereocenters. The Bertz CT molecular complexity index is 670. The Morgan fingerprint density at radius 2 is 1.78 bits per heavy atom. The van der Waals surface area contributed by atoms with Crippen LogP contribution in [0.4, 0.5) is 0 Å². The fourth-order valence-electron chi connectivity index (χ4n) is 2.26. The average molecular weight is 313 g/mol. The number of aliphatic carboxylic acids is 1. The Morgan fingerprint density at radius 3 is 2.43 bits per heavy atom. The largest absolute Gasteiger partial charge is 0.497 e. The first-order valence-corrected chi connectivity index (χ1v) is 7.27.